The van der Waals surface area contributed by atoms with Crippen molar-refractivity contribution in [2.45, 2.75) is 38.1 Å². The van der Waals surface area contributed by atoms with Gasteiger partial charge in [-0.2, -0.15) is 0 Å². The lowest BCUT2D eigenvalue weighted by Gasteiger charge is -2.39. The second kappa shape index (κ2) is 12.8. The minimum absolute atomic E-state index is 0. The Morgan fingerprint density at radius 3 is 2.21 bits per heavy atom. The molecule has 1 atom stereocenters. The van der Waals surface area contributed by atoms with E-state index < -0.39 is 42.8 Å². The van der Waals surface area contributed by atoms with Gasteiger partial charge < -0.3 is 36.4 Å². The zero-order valence-corrected chi connectivity index (χ0v) is 18.9. The fourth-order valence-electron chi connectivity index (χ4n) is 4.11. The average molecular weight is 491 g/mol. The topological polar surface area (TPSA) is 206 Å². The van der Waals surface area contributed by atoms with E-state index in [1.165, 1.54) is 0 Å². The number of nitrogens with one attached hydrogen (secondary N) is 3. The summed E-state index contributed by atoms with van der Waals surface area (Å²) in [5.41, 5.74) is 5.28. The van der Waals surface area contributed by atoms with Crippen molar-refractivity contribution in [3.63, 3.8) is 0 Å². The molecule has 2 aliphatic rings. The summed E-state index contributed by atoms with van der Waals surface area (Å²) >= 11 is 0. The van der Waals surface area contributed by atoms with E-state index >= 15 is 0 Å². The van der Waals surface area contributed by atoms with E-state index in [1.54, 1.807) is 0 Å². The number of aliphatic carboxylic acids is 2. The van der Waals surface area contributed by atoms with Crippen molar-refractivity contribution < 1.29 is 34.2 Å². The number of rotatable bonds is 9. The van der Waals surface area contributed by atoms with Crippen LogP contribution in [0.5, 0.6) is 0 Å². The van der Waals surface area contributed by atoms with Crippen molar-refractivity contribution in [3.8, 4) is 0 Å². The van der Waals surface area contributed by atoms with Gasteiger partial charge in [-0.25, -0.2) is 0 Å². The van der Waals surface area contributed by atoms with Crippen molar-refractivity contribution in [1.29, 1.82) is 5.41 Å². The van der Waals surface area contributed by atoms with Gasteiger partial charge in [0.25, 0.3) is 0 Å². The summed E-state index contributed by atoms with van der Waals surface area (Å²) in [6, 6.07) is -1.31. The quantitative estimate of drug-likeness (QED) is 0.162. The third-order valence-electron chi connectivity index (χ3n) is 5.81. The molecule has 1 aliphatic carbocycles. The minimum Gasteiger partial charge on any atom is -0.481 e. The van der Waals surface area contributed by atoms with E-state index in [-0.39, 0.29) is 49.8 Å². The predicted molar refractivity (Wildman–Crippen MR) is 118 cm³/mol. The molecule has 0 spiro atoms. The number of carbonyl (C=O) groups excluding carboxylic acids is 3. The van der Waals surface area contributed by atoms with E-state index in [0.29, 0.717) is 25.3 Å². The van der Waals surface area contributed by atoms with Crippen LogP contribution in [0, 0.1) is 17.2 Å². The number of halogens is 1. The highest BCUT2D eigenvalue weighted by Crippen LogP contribution is 2.28. The first-order valence-electron chi connectivity index (χ1n) is 10.5. The van der Waals surface area contributed by atoms with Gasteiger partial charge >= 0.3 is 11.9 Å². The molecule has 1 aliphatic heterocycles. The molecule has 0 radical (unpaired) electrons. The van der Waals surface area contributed by atoms with Crippen molar-refractivity contribution in [2.75, 3.05) is 32.7 Å². The van der Waals surface area contributed by atoms with E-state index in [0.717, 1.165) is 22.6 Å². The monoisotopic (exact) mass is 490 g/mol. The largest absolute Gasteiger partial charge is 0.481 e. The van der Waals surface area contributed by atoms with E-state index in [1.807, 2.05) is 0 Å². The van der Waals surface area contributed by atoms with Gasteiger partial charge in [0, 0.05) is 25.6 Å². The van der Waals surface area contributed by atoms with E-state index in [2.05, 4.69) is 10.6 Å². The van der Waals surface area contributed by atoms with Crippen LogP contribution < -0.4 is 16.4 Å². The third kappa shape index (κ3) is 8.40. The number of hydrogen-bond donors (Lipinski definition) is 6. The van der Waals surface area contributed by atoms with Crippen molar-refractivity contribution in [1.82, 2.24) is 20.4 Å². The molecule has 7 N–H and O–H groups in total. The maximum absolute atomic E-state index is 12.6. The molecular formula is C19H31ClN6O7. The van der Waals surface area contributed by atoms with Gasteiger partial charge in [-0.05, 0) is 31.6 Å². The molecule has 33 heavy (non-hydrogen) atoms. The Kier molecular flexibility index (Phi) is 10.9. The summed E-state index contributed by atoms with van der Waals surface area (Å²) in [5.74, 6) is -4.15. The molecule has 186 valence electrons. The van der Waals surface area contributed by atoms with Crippen LogP contribution in [0.2, 0.25) is 0 Å². The van der Waals surface area contributed by atoms with Crippen LogP contribution in [0.1, 0.15) is 32.1 Å². The number of carbonyl (C=O) groups is 5. The van der Waals surface area contributed by atoms with Gasteiger partial charge in [-0.15, -0.1) is 12.4 Å². The number of nitrogens with two attached hydrogens (primary N) is 1. The van der Waals surface area contributed by atoms with E-state index in [4.69, 9.17) is 21.4 Å². The summed E-state index contributed by atoms with van der Waals surface area (Å²) in [4.78, 5) is 61.8. The van der Waals surface area contributed by atoms with Crippen molar-refractivity contribution in [3.05, 3.63) is 0 Å². The van der Waals surface area contributed by atoms with Crippen LogP contribution in [0.4, 0.5) is 0 Å². The van der Waals surface area contributed by atoms with Crippen LogP contribution >= 0.6 is 12.4 Å². The molecule has 1 heterocycles. The second-order valence-electron chi connectivity index (χ2n) is 8.08. The SMILES string of the molecule is Cl.N=C(N)NCC1CCC(C(=O)NCC(=O)N2CCN(CC(=O)O)C(=O)[C@@H]2CC(=O)O)CC1. The normalized spacial score (nSPS) is 22.7. The highest BCUT2D eigenvalue weighted by molar-refractivity contribution is 5.94. The molecule has 0 aromatic rings. The number of carboxylic acid groups (broad SMARTS) is 2. The Hall–Kier alpha value is -3.09. The zero-order valence-electron chi connectivity index (χ0n) is 18.1. The number of nitrogens with zero attached hydrogens (tertiary/aromatic N) is 2. The number of piperazine rings is 1. The lowest BCUT2D eigenvalue weighted by molar-refractivity contribution is -0.158. The molecule has 2 fully saturated rings. The minimum atomic E-state index is -1.31. The molecule has 0 bridgehead atoms. The molecule has 1 saturated carbocycles. The predicted octanol–water partition coefficient (Wildman–Crippen LogP) is -1.59. The Balaban J connectivity index is 0.00000544. The molecule has 0 aromatic heterocycles. The average Bonchev–Trinajstić information content (AvgIpc) is 2.73. The van der Waals surface area contributed by atoms with Crippen molar-refractivity contribution in [2.24, 2.45) is 17.6 Å². The summed E-state index contributed by atoms with van der Waals surface area (Å²) in [6.45, 7) is -0.403. The van der Waals surface area contributed by atoms with Crippen LogP contribution in [-0.2, 0) is 24.0 Å². The standard InChI is InChI=1S/C19H30N6O7.ClH/c20-19(21)23-8-11-1-3-12(4-2-11)17(31)22-9-14(26)25-6-5-24(10-16(29)30)18(32)13(25)7-15(27)28;/h11-13H,1-10H2,(H,22,31)(H,27,28)(H,29,30)(H4,20,21,23);1H/t11?,12?,13-;/m0./s1. The zero-order chi connectivity index (χ0) is 23.8. The maximum Gasteiger partial charge on any atom is 0.323 e. The summed E-state index contributed by atoms with van der Waals surface area (Å²) in [5, 5.41) is 30.6. The third-order valence-corrected chi connectivity index (χ3v) is 5.81. The fraction of sp³-hybridized carbons (Fsp3) is 0.684. The van der Waals surface area contributed by atoms with Crippen LogP contribution in [0.25, 0.3) is 0 Å². The Morgan fingerprint density at radius 2 is 1.67 bits per heavy atom. The number of hydrogen-bond acceptors (Lipinski definition) is 6. The molecule has 0 unspecified atom stereocenters. The number of carboxylic acids is 2. The highest BCUT2D eigenvalue weighted by Gasteiger charge is 2.39. The Bertz CT molecular complexity index is 772. The van der Waals surface area contributed by atoms with Crippen LogP contribution in [0.15, 0.2) is 0 Å². The lowest BCUT2D eigenvalue weighted by atomic mass is 9.81. The molecule has 3 amide bonds. The fourth-order valence-corrected chi connectivity index (χ4v) is 4.11. The van der Waals surface area contributed by atoms with Gasteiger partial charge in [-0.3, -0.25) is 29.4 Å². The highest BCUT2D eigenvalue weighted by atomic mass is 35.5. The van der Waals surface area contributed by atoms with Gasteiger partial charge in [-0.1, -0.05) is 0 Å². The smallest absolute Gasteiger partial charge is 0.323 e. The summed E-state index contributed by atoms with van der Waals surface area (Å²) in [6.07, 6.45) is 2.20. The second-order valence-corrected chi connectivity index (χ2v) is 8.08. The molecule has 1 saturated heterocycles. The Morgan fingerprint density at radius 1 is 1.03 bits per heavy atom. The first-order chi connectivity index (χ1) is 15.1. The van der Waals surface area contributed by atoms with Crippen LogP contribution in [-0.4, -0.2) is 94.4 Å². The van der Waals surface area contributed by atoms with Gasteiger partial charge in [0.1, 0.15) is 12.6 Å². The molecule has 2 rings (SSSR count). The molecule has 0 aromatic carbocycles. The summed E-state index contributed by atoms with van der Waals surface area (Å²) in [7, 11) is 0. The molecular weight excluding hydrogens is 460 g/mol. The van der Waals surface area contributed by atoms with Gasteiger partial charge in [0.15, 0.2) is 5.96 Å². The molecule has 13 nitrogen and oxygen atoms in total. The van der Waals surface area contributed by atoms with Crippen molar-refractivity contribution >= 4 is 48.0 Å². The van der Waals surface area contributed by atoms with Gasteiger partial charge in [0.2, 0.25) is 17.7 Å². The van der Waals surface area contributed by atoms with Crippen LogP contribution in [0.3, 0.4) is 0 Å². The first kappa shape index (κ1) is 27.9. The molecule has 14 heteroatoms. The Labute approximate surface area is 196 Å². The maximum atomic E-state index is 12.6. The first-order valence-corrected chi connectivity index (χ1v) is 10.5. The van der Waals surface area contributed by atoms with E-state index in [9.17, 15) is 24.0 Å². The van der Waals surface area contributed by atoms with Gasteiger partial charge in [0.05, 0.1) is 13.0 Å². The number of guanidine groups is 1. The lowest BCUT2D eigenvalue weighted by Crippen LogP contribution is -2.61. The number of amides is 3. The summed E-state index contributed by atoms with van der Waals surface area (Å²) < 4.78 is 0.